The maximum atomic E-state index is 12.4. The molecule has 8 nitrogen and oxygen atoms in total. The number of aryl methyl sites for hydroxylation is 1. The molecule has 0 bridgehead atoms. The molecule has 0 aliphatic carbocycles. The molecule has 1 saturated heterocycles. The second-order valence-corrected chi connectivity index (χ2v) is 8.29. The van der Waals surface area contributed by atoms with Gasteiger partial charge in [-0.3, -0.25) is 4.79 Å². The van der Waals surface area contributed by atoms with E-state index >= 15 is 0 Å². The number of methoxy groups -OCH3 is 1. The number of hydrogen-bond donors (Lipinski definition) is 0. The molecule has 1 amide bonds. The number of aromatic nitrogens is 4. The Bertz CT molecular complexity index is 1280. The van der Waals surface area contributed by atoms with Crippen molar-refractivity contribution in [2.45, 2.75) is 19.9 Å². The summed E-state index contributed by atoms with van der Waals surface area (Å²) in [4.78, 5) is 21.5. The largest absolute Gasteiger partial charge is 0.375 e. The first-order valence-electron chi connectivity index (χ1n) is 10.8. The van der Waals surface area contributed by atoms with Crippen LogP contribution in [0.5, 0.6) is 0 Å². The van der Waals surface area contributed by atoms with E-state index in [1.54, 1.807) is 7.11 Å². The minimum atomic E-state index is 0.0147. The number of nitrogens with zero attached hydrogens (tertiary/aromatic N) is 6. The third-order valence-corrected chi connectivity index (χ3v) is 6.04. The zero-order valence-corrected chi connectivity index (χ0v) is 18.5. The second-order valence-electron chi connectivity index (χ2n) is 8.29. The highest BCUT2D eigenvalue weighted by atomic mass is 16.5. The molecule has 1 aliphatic rings. The Kier molecular flexibility index (Phi) is 5.22. The van der Waals surface area contributed by atoms with Crippen LogP contribution in [-0.4, -0.2) is 69.8 Å². The van der Waals surface area contributed by atoms with E-state index in [1.807, 2.05) is 33.6 Å². The minimum absolute atomic E-state index is 0.0147. The number of anilines is 1. The van der Waals surface area contributed by atoms with Crippen molar-refractivity contribution in [3.63, 3.8) is 0 Å². The van der Waals surface area contributed by atoms with Gasteiger partial charge in [-0.1, -0.05) is 42.0 Å². The number of carbonyl (C=O) groups is 1. The fraction of sp³-hybridized carbons (Fsp3) is 0.333. The maximum absolute atomic E-state index is 12.4. The lowest BCUT2D eigenvalue weighted by atomic mass is 10.1. The first-order chi connectivity index (χ1) is 15.6. The fourth-order valence-electron chi connectivity index (χ4n) is 4.38. The van der Waals surface area contributed by atoms with Crippen LogP contribution in [0.4, 0.5) is 5.95 Å². The lowest BCUT2D eigenvalue weighted by Gasteiger charge is -2.40. The smallest absolute Gasteiger partial charge is 0.248 e. The first-order valence-corrected chi connectivity index (χ1v) is 10.8. The Morgan fingerprint density at radius 1 is 1.09 bits per heavy atom. The molecule has 0 spiro atoms. The minimum Gasteiger partial charge on any atom is -0.375 e. The van der Waals surface area contributed by atoms with Crippen LogP contribution in [0.25, 0.3) is 27.9 Å². The molecule has 3 heterocycles. The van der Waals surface area contributed by atoms with E-state index in [-0.39, 0.29) is 18.6 Å². The van der Waals surface area contributed by atoms with Gasteiger partial charge in [-0.25, -0.2) is 9.38 Å². The Morgan fingerprint density at radius 2 is 1.88 bits per heavy atom. The first kappa shape index (κ1) is 20.4. The number of hydrogen-bond acceptors (Lipinski definition) is 6. The van der Waals surface area contributed by atoms with Gasteiger partial charge in [0.1, 0.15) is 6.61 Å². The molecule has 1 atom stereocenters. The SMILES string of the molecule is COCC(=O)N1CCN(c2nc3ccccc3c3nnc(-c4ccc(C)cc4)n23)C[C@H]1C. The number of rotatable bonds is 4. The van der Waals surface area contributed by atoms with Gasteiger partial charge in [0.15, 0.2) is 11.5 Å². The molecule has 8 heteroatoms. The number of piperazine rings is 1. The van der Waals surface area contributed by atoms with Crippen LogP contribution in [0.1, 0.15) is 12.5 Å². The number of benzene rings is 2. The van der Waals surface area contributed by atoms with Gasteiger partial charge in [0.05, 0.1) is 5.52 Å². The summed E-state index contributed by atoms with van der Waals surface area (Å²) in [6.07, 6.45) is 0. The van der Waals surface area contributed by atoms with Crippen molar-refractivity contribution in [3.8, 4) is 11.4 Å². The number of carbonyl (C=O) groups excluding carboxylic acids is 1. The topological polar surface area (TPSA) is 75.9 Å². The van der Waals surface area contributed by atoms with E-state index in [4.69, 9.17) is 9.72 Å². The molecule has 1 aliphatic heterocycles. The fourth-order valence-corrected chi connectivity index (χ4v) is 4.38. The molecule has 1 fully saturated rings. The highest BCUT2D eigenvalue weighted by Gasteiger charge is 2.30. The van der Waals surface area contributed by atoms with Gasteiger partial charge < -0.3 is 14.5 Å². The molecule has 0 unspecified atom stereocenters. The van der Waals surface area contributed by atoms with Gasteiger partial charge in [0.2, 0.25) is 11.9 Å². The summed E-state index contributed by atoms with van der Waals surface area (Å²) in [6.45, 7) is 6.18. The maximum Gasteiger partial charge on any atom is 0.248 e. The highest BCUT2D eigenvalue weighted by Crippen LogP contribution is 2.29. The van der Waals surface area contributed by atoms with Gasteiger partial charge >= 0.3 is 0 Å². The Balaban J connectivity index is 1.62. The molecule has 32 heavy (non-hydrogen) atoms. The van der Waals surface area contributed by atoms with Crippen molar-refractivity contribution in [3.05, 3.63) is 54.1 Å². The summed E-state index contributed by atoms with van der Waals surface area (Å²) < 4.78 is 7.10. The number of fused-ring (bicyclic) bond motifs is 3. The molecule has 0 radical (unpaired) electrons. The van der Waals surface area contributed by atoms with Crippen molar-refractivity contribution in [2.24, 2.45) is 0 Å². The van der Waals surface area contributed by atoms with Gasteiger partial charge in [0.25, 0.3) is 0 Å². The predicted molar refractivity (Wildman–Crippen MR) is 124 cm³/mol. The van der Waals surface area contributed by atoms with E-state index in [0.29, 0.717) is 19.6 Å². The van der Waals surface area contributed by atoms with E-state index in [1.165, 1.54) is 5.56 Å². The van der Waals surface area contributed by atoms with E-state index < -0.39 is 0 Å². The van der Waals surface area contributed by atoms with E-state index in [9.17, 15) is 4.79 Å². The monoisotopic (exact) mass is 430 g/mol. The van der Waals surface area contributed by atoms with Gasteiger partial charge in [-0.2, -0.15) is 0 Å². The molecule has 0 N–H and O–H groups in total. The third-order valence-electron chi connectivity index (χ3n) is 6.04. The summed E-state index contributed by atoms with van der Waals surface area (Å²) in [6, 6.07) is 16.3. The average Bonchev–Trinajstić information content (AvgIpc) is 3.24. The lowest BCUT2D eigenvalue weighted by Crippen LogP contribution is -2.55. The Labute approximate surface area is 186 Å². The molecule has 164 valence electrons. The van der Waals surface area contributed by atoms with Crippen molar-refractivity contribution in [1.82, 2.24) is 24.5 Å². The molecule has 0 saturated carbocycles. The van der Waals surface area contributed by atoms with Gasteiger partial charge in [-0.15, -0.1) is 10.2 Å². The van der Waals surface area contributed by atoms with E-state index in [2.05, 4.69) is 53.2 Å². The molecule has 4 aromatic rings. The van der Waals surface area contributed by atoms with Crippen LogP contribution in [0.15, 0.2) is 48.5 Å². The highest BCUT2D eigenvalue weighted by molar-refractivity contribution is 5.93. The molecule has 2 aromatic heterocycles. The molecular weight excluding hydrogens is 404 g/mol. The molecular formula is C24H26N6O2. The van der Waals surface area contributed by atoms with Crippen molar-refractivity contribution >= 4 is 28.4 Å². The molecule has 2 aromatic carbocycles. The van der Waals surface area contributed by atoms with Crippen LogP contribution in [0.2, 0.25) is 0 Å². The summed E-state index contributed by atoms with van der Waals surface area (Å²) in [5, 5.41) is 10.1. The van der Waals surface area contributed by atoms with Crippen molar-refractivity contribution < 1.29 is 9.53 Å². The quantitative estimate of drug-likeness (QED) is 0.496. The van der Waals surface area contributed by atoms with Crippen LogP contribution in [0.3, 0.4) is 0 Å². The zero-order chi connectivity index (χ0) is 22.2. The van der Waals surface area contributed by atoms with Gasteiger partial charge in [0, 0.05) is 43.7 Å². The van der Waals surface area contributed by atoms with Crippen molar-refractivity contribution in [2.75, 3.05) is 38.3 Å². The van der Waals surface area contributed by atoms with Gasteiger partial charge in [-0.05, 0) is 26.0 Å². The summed E-state index contributed by atoms with van der Waals surface area (Å²) in [7, 11) is 1.55. The number of amides is 1. The Hall–Kier alpha value is -3.52. The second kappa shape index (κ2) is 8.20. The summed E-state index contributed by atoms with van der Waals surface area (Å²) in [5.74, 6) is 1.57. The van der Waals surface area contributed by atoms with Crippen LogP contribution in [-0.2, 0) is 9.53 Å². The number of ether oxygens (including phenoxy) is 1. The average molecular weight is 431 g/mol. The summed E-state index contributed by atoms with van der Waals surface area (Å²) >= 11 is 0. The Morgan fingerprint density at radius 3 is 2.62 bits per heavy atom. The standard InChI is InChI=1S/C24H26N6O2/c1-16-8-10-18(11-9-16)22-26-27-23-19-6-4-5-7-20(19)25-24(30(22)23)28-12-13-29(17(2)14-28)21(31)15-32-3/h4-11,17H,12-15H2,1-3H3/t17-/m1/s1. The van der Waals surface area contributed by atoms with Crippen LogP contribution < -0.4 is 4.90 Å². The van der Waals surface area contributed by atoms with Crippen LogP contribution in [0, 0.1) is 6.92 Å². The zero-order valence-electron chi connectivity index (χ0n) is 18.5. The lowest BCUT2D eigenvalue weighted by molar-refractivity contribution is -0.137. The van der Waals surface area contributed by atoms with E-state index in [0.717, 1.165) is 33.9 Å². The third kappa shape index (κ3) is 3.46. The van der Waals surface area contributed by atoms with Crippen molar-refractivity contribution in [1.29, 1.82) is 0 Å². The van der Waals surface area contributed by atoms with Crippen LogP contribution >= 0.6 is 0 Å². The summed E-state index contributed by atoms with van der Waals surface area (Å²) in [5.41, 5.74) is 3.84. The molecule has 5 rings (SSSR count). The number of para-hydroxylation sites is 1. The normalized spacial score (nSPS) is 16.8. The predicted octanol–water partition coefficient (Wildman–Crippen LogP) is 2.94.